The molecular formula is C14H23IN4O. The van der Waals surface area contributed by atoms with Crippen LogP contribution in [0.5, 0.6) is 0 Å². The van der Waals surface area contributed by atoms with Crippen LogP contribution in [-0.4, -0.2) is 50.3 Å². The first-order chi connectivity index (χ1) is 9.36. The topological polar surface area (TPSA) is 62.9 Å². The largest absolute Gasteiger partial charge is 0.385 e. The second-order valence-corrected chi connectivity index (χ2v) is 4.49. The van der Waals surface area contributed by atoms with E-state index in [2.05, 4.69) is 27.3 Å². The van der Waals surface area contributed by atoms with Crippen molar-refractivity contribution in [3.63, 3.8) is 0 Å². The maximum Gasteiger partial charge on any atom is 0.191 e. The Labute approximate surface area is 137 Å². The van der Waals surface area contributed by atoms with E-state index in [1.807, 2.05) is 18.2 Å². The fraction of sp³-hybridized carbons (Fsp3) is 0.500. The lowest BCUT2D eigenvalue weighted by Crippen LogP contribution is -2.44. The summed E-state index contributed by atoms with van der Waals surface area (Å²) in [6, 6.07) is 10.2. The molecule has 1 saturated heterocycles. The monoisotopic (exact) mass is 390 g/mol. The smallest absolute Gasteiger partial charge is 0.191 e. The van der Waals surface area contributed by atoms with Crippen LogP contribution in [0.25, 0.3) is 0 Å². The molecule has 0 bridgehead atoms. The number of nitrogens with zero attached hydrogens (tertiary/aromatic N) is 2. The molecule has 1 fully saturated rings. The number of hydrogen-bond acceptors (Lipinski definition) is 3. The van der Waals surface area contributed by atoms with E-state index in [1.54, 1.807) is 0 Å². The van der Waals surface area contributed by atoms with Crippen molar-refractivity contribution in [2.45, 2.75) is 6.42 Å². The Morgan fingerprint density at radius 3 is 2.65 bits per heavy atom. The van der Waals surface area contributed by atoms with Crippen molar-refractivity contribution >= 4 is 35.6 Å². The van der Waals surface area contributed by atoms with Gasteiger partial charge in [0.25, 0.3) is 0 Å². The fourth-order valence-electron chi connectivity index (χ4n) is 1.95. The van der Waals surface area contributed by atoms with Crippen LogP contribution in [0.1, 0.15) is 6.42 Å². The van der Waals surface area contributed by atoms with Crippen LogP contribution >= 0.6 is 24.0 Å². The van der Waals surface area contributed by atoms with Gasteiger partial charge in [0.1, 0.15) is 0 Å². The number of rotatable bonds is 5. The average molecular weight is 390 g/mol. The summed E-state index contributed by atoms with van der Waals surface area (Å²) in [7, 11) is 0. The van der Waals surface area contributed by atoms with Gasteiger partial charge in [0.2, 0.25) is 0 Å². The van der Waals surface area contributed by atoms with Gasteiger partial charge in [0.15, 0.2) is 5.96 Å². The lowest BCUT2D eigenvalue weighted by molar-refractivity contribution is 0.0674. The van der Waals surface area contributed by atoms with E-state index in [4.69, 9.17) is 10.5 Å². The molecule has 5 nitrogen and oxygen atoms in total. The van der Waals surface area contributed by atoms with Gasteiger partial charge in [0.05, 0.1) is 13.2 Å². The summed E-state index contributed by atoms with van der Waals surface area (Å²) in [5.74, 6) is 0.642. The number of guanidine groups is 1. The zero-order valence-corrected chi connectivity index (χ0v) is 14.0. The number of nitrogens with one attached hydrogen (secondary N) is 1. The van der Waals surface area contributed by atoms with Gasteiger partial charge in [-0.15, -0.1) is 24.0 Å². The molecule has 0 saturated carbocycles. The predicted octanol–water partition coefficient (Wildman–Crippen LogP) is 1.75. The third-order valence-electron chi connectivity index (χ3n) is 3.05. The minimum atomic E-state index is 0. The first-order valence-electron chi connectivity index (χ1n) is 6.78. The van der Waals surface area contributed by atoms with Crippen LogP contribution in [0.3, 0.4) is 0 Å². The molecule has 112 valence electrons. The van der Waals surface area contributed by atoms with Crippen LogP contribution < -0.4 is 11.1 Å². The number of nitrogens with two attached hydrogens (primary N) is 1. The Kier molecular flexibility index (Phi) is 8.36. The summed E-state index contributed by atoms with van der Waals surface area (Å²) in [6.45, 7) is 4.83. The van der Waals surface area contributed by atoms with Crippen molar-refractivity contribution in [1.29, 1.82) is 0 Å². The van der Waals surface area contributed by atoms with Gasteiger partial charge in [-0.05, 0) is 18.6 Å². The molecule has 0 atom stereocenters. The van der Waals surface area contributed by atoms with Crippen molar-refractivity contribution in [3.8, 4) is 0 Å². The molecule has 0 unspecified atom stereocenters. The molecule has 1 aromatic rings. The summed E-state index contributed by atoms with van der Waals surface area (Å²) in [5.41, 5.74) is 7.09. The van der Waals surface area contributed by atoms with Crippen molar-refractivity contribution in [3.05, 3.63) is 30.3 Å². The Morgan fingerprint density at radius 2 is 1.95 bits per heavy atom. The van der Waals surface area contributed by atoms with Crippen LogP contribution in [0.4, 0.5) is 5.69 Å². The van der Waals surface area contributed by atoms with Crippen LogP contribution in [0.15, 0.2) is 35.3 Å². The van der Waals surface area contributed by atoms with E-state index in [1.165, 1.54) is 0 Å². The second kappa shape index (κ2) is 9.82. The zero-order chi connectivity index (χ0) is 13.3. The van der Waals surface area contributed by atoms with E-state index in [0.29, 0.717) is 5.96 Å². The maximum absolute atomic E-state index is 5.94. The highest BCUT2D eigenvalue weighted by Gasteiger charge is 2.11. The first kappa shape index (κ1) is 17.0. The van der Waals surface area contributed by atoms with Gasteiger partial charge < -0.3 is 20.7 Å². The Hall–Kier alpha value is -1.02. The molecule has 0 amide bonds. The number of anilines is 1. The predicted molar refractivity (Wildman–Crippen MR) is 93.8 cm³/mol. The molecule has 0 spiro atoms. The van der Waals surface area contributed by atoms with Crippen LogP contribution in [-0.2, 0) is 4.74 Å². The highest BCUT2D eigenvalue weighted by atomic mass is 127. The van der Waals surface area contributed by atoms with Gasteiger partial charge >= 0.3 is 0 Å². The van der Waals surface area contributed by atoms with E-state index in [9.17, 15) is 0 Å². The number of halogens is 1. The normalized spacial score (nSPS) is 15.6. The van der Waals surface area contributed by atoms with Crippen LogP contribution in [0, 0.1) is 0 Å². The Morgan fingerprint density at radius 1 is 1.25 bits per heavy atom. The molecule has 0 radical (unpaired) electrons. The Balaban J connectivity index is 0.00000200. The van der Waals surface area contributed by atoms with Crippen LogP contribution in [0.2, 0.25) is 0 Å². The third kappa shape index (κ3) is 5.96. The van der Waals surface area contributed by atoms with E-state index >= 15 is 0 Å². The fourth-order valence-corrected chi connectivity index (χ4v) is 1.95. The maximum atomic E-state index is 5.94. The lowest BCUT2D eigenvalue weighted by Gasteiger charge is -2.27. The summed E-state index contributed by atoms with van der Waals surface area (Å²) in [5, 5.41) is 3.35. The van der Waals surface area contributed by atoms with Crippen molar-refractivity contribution in [2.75, 3.05) is 44.7 Å². The second-order valence-electron chi connectivity index (χ2n) is 4.49. The molecule has 3 N–H and O–H groups in total. The molecule has 1 heterocycles. The minimum Gasteiger partial charge on any atom is -0.385 e. The average Bonchev–Trinajstić information content (AvgIpc) is 2.49. The highest BCUT2D eigenvalue weighted by molar-refractivity contribution is 14.0. The molecular weight excluding hydrogens is 367 g/mol. The molecule has 0 aromatic heterocycles. The number of morpholine rings is 1. The van der Waals surface area contributed by atoms with Gasteiger partial charge in [0, 0.05) is 31.9 Å². The summed E-state index contributed by atoms with van der Waals surface area (Å²) < 4.78 is 5.28. The summed E-state index contributed by atoms with van der Waals surface area (Å²) in [6.07, 6.45) is 0.972. The van der Waals surface area contributed by atoms with E-state index in [0.717, 1.165) is 51.5 Å². The number of hydrogen-bond donors (Lipinski definition) is 2. The number of para-hydroxylation sites is 1. The minimum absolute atomic E-state index is 0. The summed E-state index contributed by atoms with van der Waals surface area (Å²) in [4.78, 5) is 6.48. The number of benzene rings is 1. The van der Waals surface area contributed by atoms with Gasteiger partial charge in [-0.1, -0.05) is 18.2 Å². The SMILES string of the molecule is I.NC(=NCCCNc1ccccc1)N1CCOCC1. The van der Waals surface area contributed by atoms with Crippen molar-refractivity contribution in [2.24, 2.45) is 10.7 Å². The van der Waals surface area contributed by atoms with E-state index in [-0.39, 0.29) is 24.0 Å². The van der Waals surface area contributed by atoms with Gasteiger partial charge in [-0.25, -0.2) is 0 Å². The zero-order valence-electron chi connectivity index (χ0n) is 11.6. The quantitative estimate of drug-likeness (QED) is 0.348. The molecule has 0 aliphatic carbocycles. The molecule has 1 aliphatic heterocycles. The molecule has 1 aromatic carbocycles. The first-order valence-corrected chi connectivity index (χ1v) is 6.78. The Bertz CT molecular complexity index is 393. The number of ether oxygens (including phenoxy) is 1. The van der Waals surface area contributed by atoms with Gasteiger partial charge in [-0.3, -0.25) is 4.99 Å². The number of aliphatic imine (C=N–C) groups is 1. The van der Waals surface area contributed by atoms with Gasteiger partial charge in [-0.2, -0.15) is 0 Å². The molecule has 1 aliphatic rings. The highest BCUT2D eigenvalue weighted by Crippen LogP contribution is 2.04. The third-order valence-corrected chi connectivity index (χ3v) is 3.05. The van der Waals surface area contributed by atoms with E-state index < -0.39 is 0 Å². The van der Waals surface area contributed by atoms with Crippen molar-refractivity contribution < 1.29 is 4.74 Å². The molecule has 2 rings (SSSR count). The standard InChI is InChI=1S/C14H22N4O.HI/c15-14(18-9-11-19-12-10-18)17-8-4-7-16-13-5-2-1-3-6-13;/h1-3,5-6,16H,4,7-12H2,(H2,15,17);1H. The van der Waals surface area contributed by atoms with Crippen molar-refractivity contribution in [1.82, 2.24) is 4.90 Å². The lowest BCUT2D eigenvalue weighted by atomic mass is 10.3. The summed E-state index contributed by atoms with van der Waals surface area (Å²) >= 11 is 0. The molecule has 6 heteroatoms. The molecule has 20 heavy (non-hydrogen) atoms.